The van der Waals surface area contributed by atoms with Crippen molar-refractivity contribution >= 4 is 22.7 Å². The monoisotopic (exact) mass is 331 g/mol. The molecule has 0 amide bonds. The van der Waals surface area contributed by atoms with Crippen LogP contribution in [0.25, 0.3) is 0 Å². The van der Waals surface area contributed by atoms with E-state index in [4.69, 9.17) is 0 Å². The number of hydrazine groups is 1. The minimum absolute atomic E-state index is 1.02. The third-order valence-electron chi connectivity index (χ3n) is 4.07. The molecule has 3 nitrogen and oxygen atoms in total. The van der Waals surface area contributed by atoms with Crippen molar-refractivity contribution in [1.29, 1.82) is 0 Å². The lowest BCUT2D eigenvalue weighted by Crippen LogP contribution is -2.08. The molecule has 0 saturated carbocycles. The number of hydrogen-bond acceptors (Lipinski definition) is 3. The van der Waals surface area contributed by atoms with Gasteiger partial charge in [-0.25, -0.2) is 0 Å². The Morgan fingerprint density at radius 1 is 0.600 bits per heavy atom. The number of anilines is 4. The summed E-state index contributed by atoms with van der Waals surface area (Å²) < 4.78 is 0. The molecule has 0 bridgehead atoms. The first-order valence-electron chi connectivity index (χ1n) is 8.86. The lowest BCUT2D eigenvalue weighted by Gasteiger charge is -2.12. The van der Waals surface area contributed by atoms with Gasteiger partial charge >= 0.3 is 0 Å². The zero-order valence-electron chi connectivity index (χ0n) is 14.6. The summed E-state index contributed by atoms with van der Waals surface area (Å²) >= 11 is 0. The lowest BCUT2D eigenvalue weighted by atomic mass is 10.1. The molecule has 0 saturated heterocycles. The average molecular weight is 331 g/mol. The van der Waals surface area contributed by atoms with Gasteiger partial charge in [0, 0.05) is 11.4 Å². The molecule has 0 aliphatic heterocycles. The molecule has 3 aromatic carbocycles. The summed E-state index contributed by atoms with van der Waals surface area (Å²) in [4.78, 5) is 0. The molecule has 0 heterocycles. The van der Waals surface area contributed by atoms with Gasteiger partial charge in [-0.1, -0.05) is 43.7 Å². The van der Waals surface area contributed by atoms with Crippen LogP contribution in [0.5, 0.6) is 0 Å². The van der Waals surface area contributed by atoms with E-state index in [9.17, 15) is 0 Å². The Balaban J connectivity index is 1.51. The third-order valence-corrected chi connectivity index (χ3v) is 4.07. The Morgan fingerprint density at radius 2 is 1.12 bits per heavy atom. The topological polar surface area (TPSA) is 36.1 Å². The van der Waals surface area contributed by atoms with Crippen LogP contribution >= 0.6 is 0 Å². The average Bonchev–Trinajstić information content (AvgIpc) is 2.67. The SMILES string of the molecule is CCCCc1ccc(NNc2ccc(Nc3ccccc3)cc2)cc1. The molecule has 0 fully saturated rings. The highest BCUT2D eigenvalue weighted by Gasteiger charge is 1.97. The highest BCUT2D eigenvalue weighted by Crippen LogP contribution is 2.19. The van der Waals surface area contributed by atoms with Crippen LogP contribution in [0.1, 0.15) is 25.3 Å². The van der Waals surface area contributed by atoms with Crippen LogP contribution < -0.4 is 16.2 Å². The van der Waals surface area contributed by atoms with Crippen molar-refractivity contribution in [3.8, 4) is 0 Å². The second kappa shape index (κ2) is 8.78. The van der Waals surface area contributed by atoms with E-state index in [1.54, 1.807) is 0 Å². The first-order valence-corrected chi connectivity index (χ1v) is 8.86. The summed E-state index contributed by atoms with van der Waals surface area (Å²) in [6, 6.07) is 27.0. The van der Waals surface area contributed by atoms with E-state index in [2.05, 4.69) is 71.6 Å². The van der Waals surface area contributed by atoms with Gasteiger partial charge in [-0.15, -0.1) is 0 Å². The van der Waals surface area contributed by atoms with E-state index >= 15 is 0 Å². The normalized spacial score (nSPS) is 10.3. The van der Waals surface area contributed by atoms with Crippen LogP contribution in [0.15, 0.2) is 78.9 Å². The number of aryl methyl sites for hydroxylation is 1. The molecule has 0 atom stereocenters. The standard InChI is InChI=1S/C22H25N3/c1-2-3-7-18-10-12-21(13-11-18)24-25-22-16-14-20(15-17-22)23-19-8-5-4-6-9-19/h4-6,8-17,23-25H,2-3,7H2,1H3. The zero-order chi connectivity index (χ0) is 17.3. The summed E-state index contributed by atoms with van der Waals surface area (Å²) in [5.74, 6) is 0. The van der Waals surface area contributed by atoms with E-state index < -0.39 is 0 Å². The van der Waals surface area contributed by atoms with Gasteiger partial charge in [0.1, 0.15) is 0 Å². The second-order valence-electron chi connectivity index (χ2n) is 6.12. The predicted octanol–water partition coefficient (Wildman–Crippen LogP) is 6.21. The maximum atomic E-state index is 3.38. The van der Waals surface area contributed by atoms with Crippen molar-refractivity contribution in [2.45, 2.75) is 26.2 Å². The highest BCUT2D eigenvalue weighted by molar-refractivity contribution is 5.63. The maximum absolute atomic E-state index is 3.38. The summed E-state index contributed by atoms with van der Waals surface area (Å²) in [6.45, 7) is 2.22. The molecule has 128 valence electrons. The summed E-state index contributed by atoms with van der Waals surface area (Å²) in [5.41, 5.74) is 12.1. The molecule has 0 aliphatic rings. The second-order valence-corrected chi connectivity index (χ2v) is 6.12. The molecular formula is C22H25N3. The van der Waals surface area contributed by atoms with Gasteiger partial charge in [0.2, 0.25) is 0 Å². The molecule has 0 aliphatic carbocycles. The van der Waals surface area contributed by atoms with E-state index in [-0.39, 0.29) is 0 Å². The number of benzene rings is 3. The maximum Gasteiger partial charge on any atom is 0.0541 e. The molecule has 0 radical (unpaired) electrons. The molecule has 3 rings (SSSR count). The lowest BCUT2D eigenvalue weighted by molar-refractivity contribution is 0.795. The predicted molar refractivity (Wildman–Crippen MR) is 108 cm³/mol. The number of para-hydroxylation sites is 1. The van der Waals surface area contributed by atoms with Crippen LogP contribution in [0, 0.1) is 0 Å². The largest absolute Gasteiger partial charge is 0.356 e. The van der Waals surface area contributed by atoms with Crippen molar-refractivity contribution in [1.82, 2.24) is 0 Å². The molecule has 3 N–H and O–H groups in total. The Morgan fingerprint density at radius 3 is 1.72 bits per heavy atom. The number of rotatable bonds is 8. The van der Waals surface area contributed by atoms with Gasteiger partial charge in [0.25, 0.3) is 0 Å². The molecule has 0 spiro atoms. The number of nitrogens with one attached hydrogen (secondary N) is 3. The van der Waals surface area contributed by atoms with E-state index in [1.165, 1.54) is 18.4 Å². The van der Waals surface area contributed by atoms with Gasteiger partial charge in [-0.05, 0) is 66.9 Å². The van der Waals surface area contributed by atoms with Crippen LogP contribution in [0.2, 0.25) is 0 Å². The zero-order valence-corrected chi connectivity index (χ0v) is 14.6. The molecule has 0 aromatic heterocycles. The smallest absolute Gasteiger partial charge is 0.0541 e. The summed E-state index contributed by atoms with van der Waals surface area (Å²) in [7, 11) is 0. The number of unbranched alkanes of at least 4 members (excludes halogenated alkanes) is 1. The van der Waals surface area contributed by atoms with Gasteiger partial charge in [0.05, 0.1) is 11.4 Å². The fourth-order valence-electron chi connectivity index (χ4n) is 2.61. The molecule has 0 unspecified atom stereocenters. The van der Waals surface area contributed by atoms with Gasteiger partial charge in [-0.3, -0.25) is 0 Å². The Hall–Kier alpha value is -2.94. The Bertz CT molecular complexity index is 750. The van der Waals surface area contributed by atoms with Gasteiger partial charge < -0.3 is 16.2 Å². The van der Waals surface area contributed by atoms with Crippen molar-refractivity contribution in [3.05, 3.63) is 84.4 Å². The third kappa shape index (κ3) is 5.28. The van der Waals surface area contributed by atoms with Crippen molar-refractivity contribution < 1.29 is 0 Å². The molecule has 25 heavy (non-hydrogen) atoms. The van der Waals surface area contributed by atoms with Crippen LogP contribution in [0.4, 0.5) is 22.7 Å². The van der Waals surface area contributed by atoms with E-state index in [0.717, 1.165) is 29.2 Å². The van der Waals surface area contributed by atoms with Crippen LogP contribution in [-0.2, 0) is 6.42 Å². The number of hydrogen-bond donors (Lipinski definition) is 3. The van der Waals surface area contributed by atoms with Gasteiger partial charge in [0.15, 0.2) is 0 Å². The van der Waals surface area contributed by atoms with Crippen LogP contribution in [0.3, 0.4) is 0 Å². The van der Waals surface area contributed by atoms with E-state index in [1.807, 2.05) is 30.3 Å². The first kappa shape index (κ1) is 16.9. The fraction of sp³-hybridized carbons (Fsp3) is 0.182. The Labute approximate surface area is 150 Å². The molecule has 3 aromatic rings. The fourth-order valence-corrected chi connectivity index (χ4v) is 2.61. The van der Waals surface area contributed by atoms with Gasteiger partial charge in [-0.2, -0.15) is 0 Å². The van der Waals surface area contributed by atoms with Crippen molar-refractivity contribution in [2.24, 2.45) is 0 Å². The highest BCUT2D eigenvalue weighted by atomic mass is 15.4. The Kier molecular flexibility index (Phi) is 5.94. The molecule has 3 heteroatoms. The summed E-state index contributed by atoms with van der Waals surface area (Å²) in [5, 5.41) is 3.38. The quantitative estimate of drug-likeness (QED) is 0.429. The first-order chi connectivity index (χ1) is 12.3. The minimum atomic E-state index is 1.02. The van der Waals surface area contributed by atoms with Crippen LogP contribution in [-0.4, -0.2) is 0 Å². The van der Waals surface area contributed by atoms with Crippen molar-refractivity contribution in [2.75, 3.05) is 16.2 Å². The molecular weight excluding hydrogens is 306 g/mol. The van der Waals surface area contributed by atoms with Crippen molar-refractivity contribution in [3.63, 3.8) is 0 Å². The van der Waals surface area contributed by atoms with E-state index in [0.29, 0.717) is 0 Å². The minimum Gasteiger partial charge on any atom is -0.356 e. The summed E-state index contributed by atoms with van der Waals surface area (Å²) in [6.07, 6.45) is 3.63.